The minimum atomic E-state index is -0.417. The van der Waals surface area contributed by atoms with Crippen LogP contribution in [0.2, 0.25) is 0 Å². The zero-order valence-corrected chi connectivity index (χ0v) is 9.57. The van der Waals surface area contributed by atoms with Crippen molar-refractivity contribution in [3.05, 3.63) is 29.8 Å². The Labute approximate surface area is 99.3 Å². The number of β-amino-alcohol motifs (C(OH)–C–C–N with tert-alkyl or cyclic N) is 1. The summed E-state index contributed by atoms with van der Waals surface area (Å²) in [6.07, 6.45) is 0. The molecular weight excluding hydrogens is 226 g/mol. The van der Waals surface area contributed by atoms with Gasteiger partial charge in [0, 0.05) is 38.8 Å². The van der Waals surface area contributed by atoms with Crippen molar-refractivity contribution < 1.29 is 13.9 Å². The highest BCUT2D eigenvalue weighted by Gasteiger charge is 2.19. The quantitative estimate of drug-likeness (QED) is 0.859. The van der Waals surface area contributed by atoms with Gasteiger partial charge in [0.1, 0.15) is 11.6 Å². The number of aliphatic hydroxyl groups excluding tert-OH is 1. The molecule has 94 valence electrons. The van der Waals surface area contributed by atoms with Gasteiger partial charge in [-0.2, -0.15) is 0 Å². The fourth-order valence-electron chi connectivity index (χ4n) is 2.08. The van der Waals surface area contributed by atoms with Crippen molar-refractivity contribution in [3.63, 3.8) is 0 Å². The molecule has 1 aliphatic rings. The number of hydrogen-bond acceptors (Lipinski definition) is 3. The van der Waals surface area contributed by atoms with Gasteiger partial charge in [-0.3, -0.25) is 4.90 Å². The molecule has 1 aliphatic heterocycles. The van der Waals surface area contributed by atoms with Crippen LogP contribution >= 0.6 is 0 Å². The number of aliphatic hydroxyl groups is 1. The van der Waals surface area contributed by atoms with Crippen LogP contribution in [0.15, 0.2) is 18.2 Å². The number of piperazine rings is 1. The highest BCUT2D eigenvalue weighted by atomic mass is 19.1. The van der Waals surface area contributed by atoms with Gasteiger partial charge >= 0.3 is 0 Å². The van der Waals surface area contributed by atoms with Crippen LogP contribution in [0, 0.1) is 11.6 Å². The number of rotatable bonds is 3. The Hall–Kier alpha value is -1.20. The lowest BCUT2D eigenvalue weighted by molar-refractivity contribution is 0.188. The summed E-state index contributed by atoms with van der Waals surface area (Å²) in [5.74, 6) is -0.804. The van der Waals surface area contributed by atoms with Crippen molar-refractivity contribution in [2.24, 2.45) is 0 Å². The number of benzene rings is 1. The minimum absolute atomic E-state index is 0.133. The SMILES string of the molecule is OCCN1CCN(c2cc(F)ccc2F)CC1. The van der Waals surface area contributed by atoms with Crippen LogP contribution in [0.4, 0.5) is 14.5 Å². The Morgan fingerprint density at radius 3 is 2.47 bits per heavy atom. The smallest absolute Gasteiger partial charge is 0.146 e. The maximum atomic E-state index is 13.5. The van der Waals surface area contributed by atoms with E-state index < -0.39 is 5.82 Å². The third kappa shape index (κ3) is 2.92. The van der Waals surface area contributed by atoms with Gasteiger partial charge in [0.25, 0.3) is 0 Å². The molecule has 0 bridgehead atoms. The van der Waals surface area contributed by atoms with Crippen LogP contribution in [0.25, 0.3) is 0 Å². The van der Waals surface area contributed by atoms with Gasteiger partial charge in [-0.25, -0.2) is 8.78 Å². The number of anilines is 1. The highest BCUT2D eigenvalue weighted by Crippen LogP contribution is 2.21. The molecule has 1 aromatic rings. The maximum absolute atomic E-state index is 13.5. The van der Waals surface area contributed by atoms with Gasteiger partial charge in [-0.1, -0.05) is 0 Å². The lowest BCUT2D eigenvalue weighted by Crippen LogP contribution is -2.47. The molecule has 0 aliphatic carbocycles. The average molecular weight is 242 g/mol. The monoisotopic (exact) mass is 242 g/mol. The second-order valence-corrected chi connectivity index (χ2v) is 4.15. The van der Waals surface area contributed by atoms with E-state index >= 15 is 0 Å². The van der Waals surface area contributed by atoms with Gasteiger partial charge < -0.3 is 10.0 Å². The molecule has 2 rings (SSSR count). The maximum Gasteiger partial charge on any atom is 0.146 e. The second kappa shape index (κ2) is 5.42. The molecule has 1 aromatic carbocycles. The average Bonchev–Trinajstić information content (AvgIpc) is 2.34. The normalized spacial score (nSPS) is 17.5. The number of hydrogen-bond donors (Lipinski definition) is 1. The van der Waals surface area contributed by atoms with E-state index in [0.29, 0.717) is 25.3 Å². The van der Waals surface area contributed by atoms with Crippen LogP contribution in [0.1, 0.15) is 0 Å². The van der Waals surface area contributed by atoms with Crippen LogP contribution in [0.5, 0.6) is 0 Å². The summed E-state index contributed by atoms with van der Waals surface area (Å²) < 4.78 is 26.6. The fourth-order valence-corrected chi connectivity index (χ4v) is 2.08. The first-order valence-electron chi connectivity index (χ1n) is 5.74. The Balaban J connectivity index is 2.02. The molecular formula is C12H16F2N2O. The van der Waals surface area contributed by atoms with E-state index in [9.17, 15) is 8.78 Å². The van der Waals surface area contributed by atoms with Crippen molar-refractivity contribution >= 4 is 5.69 Å². The number of nitrogens with zero attached hydrogens (tertiary/aromatic N) is 2. The van der Waals surface area contributed by atoms with Crippen molar-refractivity contribution in [1.82, 2.24) is 4.90 Å². The Morgan fingerprint density at radius 1 is 1.12 bits per heavy atom. The zero-order valence-electron chi connectivity index (χ0n) is 9.57. The van der Waals surface area contributed by atoms with E-state index in [1.807, 2.05) is 4.90 Å². The highest BCUT2D eigenvalue weighted by molar-refractivity contribution is 5.48. The molecule has 0 amide bonds. The van der Waals surface area contributed by atoms with Gasteiger partial charge in [-0.15, -0.1) is 0 Å². The molecule has 3 nitrogen and oxygen atoms in total. The third-order valence-corrected chi connectivity index (χ3v) is 3.04. The van der Waals surface area contributed by atoms with Crippen molar-refractivity contribution in [2.45, 2.75) is 0 Å². The largest absolute Gasteiger partial charge is 0.395 e. The molecule has 5 heteroatoms. The van der Waals surface area contributed by atoms with Crippen LogP contribution < -0.4 is 4.90 Å². The van der Waals surface area contributed by atoms with Gasteiger partial charge in [-0.05, 0) is 12.1 Å². The molecule has 0 radical (unpaired) electrons. The Morgan fingerprint density at radius 2 is 1.82 bits per heavy atom. The molecule has 1 fully saturated rings. The summed E-state index contributed by atoms with van der Waals surface area (Å²) >= 11 is 0. The van der Waals surface area contributed by atoms with Crippen molar-refractivity contribution in [2.75, 3.05) is 44.2 Å². The molecule has 0 unspecified atom stereocenters. The first-order chi connectivity index (χ1) is 8.20. The predicted molar refractivity (Wildman–Crippen MR) is 62.1 cm³/mol. The van der Waals surface area contributed by atoms with Crippen LogP contribution in [-0.2, 0) is 0 Å². The molecule has 1 N–H and O–H groups in total. The van der Waals surface area contributed by atoms with Crippen molar-refractivity contribution in [3.8, 4) is 0 Å². The van der Waals surface area contributed by atoms with E-state index in [1.165, 1.54) is 6.07 Å². The van der Waals surface area contributed by atoms with E-state index in [4.69, 9.17) is 5.11 Å². The third-order valence-electron chi connectivity index (χ3n) is 3.04. The molecule has 17 heavy (non-hydrogen) atoms. The van der Waals surface area contributed by atoms with Crippen LogP contribution in [-0.4, -0.2) is 49.3 Å². The summed E-state index contributed by atoms with van der Waals surface area (Å²) in [4.78, 5) is 3.94. The summed E-state index contributed by atoms with van der Waals surface area (Å²) in [5.41, 5.74) is 0.327. The van der Waals surface area contributed by atoms with Gasteiger partial charge in [0.2, 0.25) is 0 Å². The summed E-state index contributed by atoms with van der Waals surface area (Å²) in [6.45, 7) is 3.60. The predicted octanol–water partition coefficient (Wildman–Crippen LogP) is 1.08. The van der Waals surface area contributed by atoms with Gasteiger partial charge in [0.15, 0.2) is 0 Å². The lowest BCUT2D eigenvalue weighted by atomic mass is 10.2. The first kappa shape index (κ1) is 12.3. The molecule has 1 heterocycles. The van der Waals surface area contributed by atoms with Gasteiger partial charge in [0.05, 0.1) is 12.3 Å². The topological polar surface area (TPSA) is 26.7 Å². The lowest BCUT2D eigenvalue weighted by Gasteiger charge is -2.35. The molecule has 1 saturated heterocycles. The molecule has 0 aromatic heterocycles. The summed E-state index contributed by atoms with van der Waals surface area (Å²) in [7, 11) is 0. The standard InChI is InChI=1S/C12H16F2N2O/c13-10-1-2-11(14)12(9-10)16-5-3-15(4-6-16)7-8-17/h1-2,9,17H,3-8H2. The Bertz CT molecular complexity index is 379. The van der Waals surface area contributed by atoms with Crippen molar-refractivity contribution in [1.29, 1.82) is 0 Å². The van der Waals surface area contributed by atoms with E-state index in [2.05, 4.69) is 4.90 Å². The Kier molecular flexibility index (Phi) is 3.91. The van der Waals surface area contributed by atoms with E-state index in [0.717, 1.165) is 25.2 Å². The molecule has 0 atom stereocenters. The van der Waals surface area contributed by atoms with E-state index in [1.54, 1.807) is 0 Å². The molecule has 0 spiro atoms. The zero-order chi connectivity index (χ0) is 12.3. The summed E-state index contributed by atoms with van der Waals surface area (Å²) in [5, 5.41) is 8.82. The first-order valence-corrected chi connectivity index (χ1v) is 5.74. The summed E-state index contributed by atoms with van der Waals surface area (Å²) in [6, 6.07) is 3.52. The number of halogens is 2. The second-order valence-electron chi connectivity index (χ2n) is 4.15. The van der Waals surface area contributed by atoms with E-state index in [-0.39, 0.29) is 12.4 Å². The fraction of sp³-hybridized carbons (Fsp3) is 0.500. The van der Waals surface area contributed by atoms with Crippen LogP contribution in [0.3, 0.4) is 0 Å². The minimum Gasteiger partial charge on any atom is -0.395 e. The molecule has 0 saturated carbocycles.